The van der Waals surface area contributed by atoms with Gasteiger partial charge in [-0.3, -0.25) is 0 Å². The molecule has 0 aliphatic rings. The summed E-state index contributed by atoms with van der Waals surface area (Å²) in [5, 5.41) is 4.96. The van der Waals surface area contributed by atoms with Crippen molar-refractivity contribution in [1.29, 1.82) is 0 Å². The van der Waals surface area contributed by atoms with Crippen LogP contribution in [0.5, 0.6) is 11.5 Å². The monoisotopic (exact) mass is 339 g/mol. The van der Waals surface area contributed by atoms with Crippen molar-refractivity contribution in [3.63, 3.8) is 0 Å². The molecule has 1 aromatic heterocycles. The molecule has 0 atom stereocenters. The molecule has 0 aliphatic carbocycles. The number of aromatic nitrogens is 3. The van der Waals surface area contributed by atoms with Gasteiger partial charge in [0.15, 0.2) is 17.3 Å². The first kappa shape index (κ1) is 14.8. The van der Waals surface area contributed by atoms with Crippen molar-refractivity contribution in [2.45, 2.75) is 31.8 Å². The molecule has 0 N–H and O–H groups in total. The minimum atomic E-state index is 0.379. The Kier molecular flexibility index (Phi) is 5.40. The number of alkyl halides is 1. The molecule has 6 heteroatoms. The highest BCUT2D eigenvalue weighted by Crippen LogP contribution is 2.29. The number of hydrogen-bond acceptors (Lipinski definition) is 4. The number of aryl methyl sites for hydroxylation is 1. The first-order chi connectivity index (χ1) is 9.78. The van der Waals surface area contributed by atoms with Crippen LogP contribution >= 0.6 is 15.9 Å². The third kappa shape index (κ3) is 3.50. The molecule has 0 saturated heterocycles. The third-order valence-electron chi connectivity index (χ3n) is 2.87. The summed E-state index contributed by atoms with van der Waals surface area (Å²) in [6.07, 6.45) is 2.57. The summed E-state index contributed by atoms with van der Waals surface area (Å²) in [6, 6.07) is 5.88. The van der Waals surface area contributed by atoms with Crippen LogP contribution in [0.2, 0.25) is 0 Å². The Hall–Kier alpha value is -1.56. The van der Waals surface area contributed by atoms with Gasteiger partial charge in [-0.1, -0.05) is 28.9 Å². The van der Waals surface area contributed by atoms with Gasteiger partial charge in [-0.25, -0.2) is 9.67 Å². The van der Waals surface area contributed by atoms with E-state index in [9.17, 15) is 0 Å². The van der Waals surface area contributed by atoms with Crippen LogP contribution in [0.3, 0.4) is 0 Å². The Morgan fingerprint density at radius 3 is 2.85 bits per heavy atom. The second-order valence-electron chi connectivity index (χ2n) is 4.31. The fourth-order valence-corrected chi connectivity index (χ4v) is 2.20. The Morgan fingerprint density at radius 2 is 2.15 bits per heavy atom. The fraction of sp³-hybridized carbons (Fsp3) is 0.429. The first-order valence-electron chi connectivity index (χ1n) is 6.50. The van der Waals surface area contributed by atoms with Crippen molar-refractivity contribution in [2.24, 2.45) is 0 Å². The number of rotatable bonds is 7. The molecule has 20 heavy (non-hydrogen) atoms. The number of ether oxygens (including phenoxy) is 2. The van der Waals surface area contributed by atoms with E-state index in [0.29, 0.717) is 12.4 Å². The first-order valence-corrected chi connectivity index (χ1v) is 7.63. The van der Waals surface area contributed by atoms with E-state index in [2.05, 4.69) is 32.9 Å². The summed E-state index contributed by atoms with van der Waals surface area (Å²) >= 11 is 3.42. The number of halogens is 1. The molecular formula is C14H18BrN3O2. The number of benzene rings is 1. The average molecular weight is 340 g/mol. The van der Waals surface area contributed by atoms with E-state index in [1.165, 1.54) is 0 Å². The van der Waals surface area contributed by atoms with Crippen LogP contribution in [0.25, 0.3) is 0 Å². The quantitative estimate of drug-likeness (QED) is 0.727. The smallest absolute Gasteiger partial charge is 0.164 e. The molecule has 0 saturated carbocycles. The normalized spacial score (nSPS) is 10.6. The van der Waals surface area contributed by atoms with E-state index in [4.69, 9.17) is 9.47 Å². The zero-order valence-electron chi connectivity index (χ0n) is 11.7. The molecule has 0 spiro atoms. The van der Waals surface area contributed by atoms with E-state index in [1.807, 2.05) is 22.9 Å². The van der Waals surface area contributed by atoms with E-state index >= 15 is 0 Å². The molecule has 1 aromatic carbocycles. The SMILES string of the molecule is CCCn1ncnc1COc1ccc(CBr)cc1OC. The van der Waals surface area contributed by atoms with Crippen LogP contribution in [-0.2, 0) is 18.5 Å². The summed E-state index contributed by atoms with van der Waals surface area (Å²) in [5.41, 5.74) is 1.14. The maximum atomic E-state index is 5.80. The zero-order valence-corrected chi connectivity index (χ0v) is 13.3. The van der Waals surface area contributed by atoms with E-state index < -0.39 is 0 Å². The van der Waals surface area contributed by atoms with E-state index in [0.717, 1.165) is 35.4 Å². The highest BCUT2D eigenvalue weighted by atomic mass is 79.9. The predicted octanol–water partition coefficient (Wildman–Crippen LogP) is 3.17. The van der Waals surface area contributed by atoms with Crippen molar-refractivity contribution in [3.05, 3.63) is 35.9 Å². The van der Waals surface area contributed by atoms with Crippen molar-refractivity contribution in [2.75, 3.05) is 7.11 Å². The lowest BCUT2D eigenvalue weighted by molar-refractivity contribution is 0.269. The molecule has 0 amide bonds. The fourth-order valence-electron chi connectivity index (χ4n) is 1.86. The van der Waals surface area contributed by atoms with Gasteiger partial charge in [0.25, 0.3) is 0 Å². The largest absolute Gasteiger partial charge is 0.493 e. The summed E-state index contributed by atoms with van der Waals surface area (Å²) < 4.78 is 13.0. The molecule has 108 valence electrons. The summed E-state index contributed by atoms with van der Waals surface area (Å²) in [5.74, 6) is 2.25. The summed E-state index contributed by atoms with van der Waals surface area (Å²) in [7, 11) is 1.64. The second kappa shape index (κ2) is 7.28. The topological polar surface area (TPSA) is 49.2 Å². The van der Waals surface area contributed by atoms with Gasteiger partial charge in [0.1, 0.15) is 12.9 Å². The molecule has 0 aliphatic heterocycles. The Bertz CT molecular complexity index is 557. The number of nitrogens with zero attached hydrogens (tertiary/aromatic N) is 3. The van der Waals surface area contributed by atoms with Crippen LogP contribution in [0.1, 0.15) is 24.7 Å². The lowest BCUT2D eigenvalue weighted by Gasteiger charge is -2.11. The van der Waals surface area contributed by atoms with Crippen molar-refractivity contribution >= 4 is 15.9 Å². The van der Waals surface area contributed by atoms with Gasteiger partial charge >= 0.3 is 0 Å². The molecule has 1 heterocycles. The van der Waals surface area contributed by atoms with Gasteiger partial charge in [-0.05, 0) is 24.1 Å². The van der Waals surface area contributed by atoms with Crippen LogP contribution in [-0.4, -0.2) is 21.9 Å². The number of methoxy groups -OCH3 is 1. The Morgan fingerprint density at radius 1 is 1.30 bits per heavy atom. The van der Waals surface area contributed by atoms with Gasteiger partial charge in [0.05, 0.1) is 7.11 Å². The van der Waals surface area contributed by atoms with Crippen LogP contribution < -0.4 is 9.47 Å². The highest BCUT2D eigenvalue weighted by molar-refractivity contribution is 9.08. The second-order valence-corrected chi connectivity index (χ2v) is 4.87. The molecule has 0 bridgehead atoms. The minimum Gasteiger partial charge on any atom is -0.493 e. The summed E-state index contributed by atoms with van der Waals surface area (Å²) in [6.45, 7) is 3.33. The molecule has 5 nitrogen and oxygen atoms in total. The van der Waals surface area contributed by atoms with Gasteiger partial charge in [0, 0.05) is 11.9 Å². The molecule has 0 radical (unpaired) electrons. The minimum absolute atomic E-state index is 0.379. The molecule has 2 aromatic rings. The highest BCUT2D eigenvalue weighted by Gasteiger charge is 2.09. The lowest BCUT2D eigenvalue weighted by atomic mass is 10.2. The molecule has 2 rings (SSSR count). The third-order valence-corrected chi connectivity index (χ3v) is 3.52. The van der Waals surface area contributed by atoms with Gasteiger partial charge in [-0.15, -0.1) is 0 Å². The standard InChI is InChI=1S/C14H18BrN3O2/c1-3-6-18-14(16-10-17-18)9-20-12-5-4-11(8-15)7-13(12)19-2/h4-5,7,10H,3,6,8-9H2,1-2H3. The Labute approximate surface area is 127 Å². The maximum absolute atomic E-state index is 5.80. The summed E-state index contributed by atoms with van der Waals surface area (Å²) in [4.78, 5) is 4.22. The average Bonchev–Trinajstić information content (AvgIpc) is 2.92. The lowest BCUT2D eigenvalue weighted by Crippen LogP contribution is -2.08. The van der Waals surface area contributed by atoms with Crippen LogP contribution in [0.15, 0.2) is 24.5 Å². The predicted molar refractivity (Wildman–Crippen MR) is 80.3 cm³/mol. The number of hydrogen-bond donors (Lipinski definition) is 0. The Balaban J connectivity index is 2.08. The van der Waals surface area contributed by atoms with E-state index in [-0.39, 0.29) is 0 Å². The molecule has 0 unspecified atom stereocenters. The molecular weight excluding hydrogens is 322 g/mol. The van der Waals surface area contributed by atoms with Crippen LogP contribution in [0.4, 0.5) is 0 Å². The van der Waals surface area contributed by atoms with Crippen molar-refractivity contribution < 1.29 is 9.47 Å². The van der Waals surface area contributed by atoms with Crippen molar-refractivity contribution in [1.82, 2.24) is 14.8 Å². The van der Waals surface area contributed by atoms with Crippen LogP contribution in [0, 0.1) is 0 Å². The zero-order chi connectivity index (χ0) is 14.4. The molecule has 0 fully saturated rings. The van der Waals surface area contributed by atoms with Gasteiger partial charge in [-0.2, -0.15) is 5.10 Å². The maximum Gasteiger partial charge on any atom is 0.164 e. The van der Waals surface area contributed by atoms with Crippen molar-refractivity contribution in [3.8, 4) is 11.5 Å². The van der Waals surface area contributed by atoms with Gasteiger partial charge in [0.2, 0.25) is 0 Å². The van der Waals surface area contributed by atoms with E-state index in [1.54, 1.807) is 13.4 Å². The van der Waals surface area contributed by atoms with Gasteiger partial charge < -0.3 is 9.47 Å².